The Morgan fingerprint density at radius 3 is 2.50 bits per heavy atom. The third kappa shape index (κ3) is 3.53. The molecule has 0 atom stereocenters. The molecule has 0 bridgehead atoms. The van der Waals surface area contributed by atoms with Crippen LogP contribution in [0.2, 0.25) is 0 Å². The molecule has 3 nitrogen and oxygen atoms in total. The molecule has 1 aliphatic carbocycles. The molecule has 20 heavy (non-hydrogen) atoms. The van der Waals surface area contributed by atoms with E-state index in [-0.39, 0.29) is 0 Å². The van der Waals surface area contributed by atoms with Gasteiger partial charge >= 0.3 is 0 Å². The number of hydrogen-bond acceptors (Lipinski definition) is 4. The Morgan fingerprint density at radius 1 is 1.15 bits per heavy atom. The van der Waals surface area contributed by atoms with Crippen molar-refractivity contribution in [2.75, 3.05) is 24.5 Å². The second kappa shape index (κ2) is 6.90. The summed E-state index contributed by atoms with van der Waals surface area (Å²) in [6.07, 6.45) is 9.57. The Kier molecular flexibility index (Phi) is 4.94. The van der Waals surface area contributed by atoms with Gasteiger partial charge in [0.25, 0.3) is 0 Å². The van der Waals surface area contributed by atoms with Crippen molar-refractivity contribution in [3.63, 3.8) is 0 Å². The van der Waals surface area contributed by atoms with Gasteiger partial charge < -0.3 is 10.2 Å². The largest absolute Gasteiger partial charge is 0.348 e. The standard InChI is InChI=1S/C16H27N3S/c1-2-17-12-14-15(13-8-9-13)18-16(20-14)19-10-6-4-3-5-7-11-19/h13,17H,2-12H2,1H3. The van der Waals surface area contributed by atoms with Crippen LogP contribution in [0.1, 0.15) is 68.4 Å². The lowest BCUT2D eigenvalue weighted by atomic mass is 10.1. The second-order valence-corrected chi connectivity index (χ2v) is 7.18. The number of anilines is 1. The van der Waals surface area contributed by atoms with E-state index < -0.39 is 0 Å². The first-order chi connectivity index (χ1) is 9.88. The summed E-state index contributed by atoms with van der Waals surface area (Å²) in [4.78, 5) is 9.06. The van der Waals surface area contributed by atoms with Crippen molar-refractivity contribution in [2.24, 2.45) is 0 Å². The molecule has 4 heteroatoms. The molecule has 1 aromatic heterocycles. The van der Waals surface area contributed by atoms with Gasteiger partial charge in [0.05, 0.1) is 5.69 Å². The van der Waals surface area contributed by atoms with Gasteiger partial charge in [-0.05, 0) is 32.2 Å². The van der Waals surface area contributed by atoms with Crippen molar-refractivity contribution in [2.45, 2.75) is 64.3 Å². The lowest BCUT2D eigenvalue weighted by Gasteiger charge is -2.23. The Balaban J connectivity index is 1.73. The van der Waals surface area contributed by atoms with E-state index in [1.54, 1.807) is 0 Å². The highest BCUT2D eigenvalue weighted by atomic mass is 32.1. The van der Waals surface area contributed by atoms with Crippen molar-refractivity contribution in [1.82, 2.24) is 10.3 Å². The average Bonchev–Trinajstić information content (AvgIpc) is 3.17. The molecule has 1 N–H and O–H groups in total. The van der Waals surface area contributed by atoms with E-state index in [4.69, 9.17) is 4.98 Å². The van der Waals surface area contributed by atoms with Crippen LogP contribution in [-0.4, -0.2) is 24.6 Å². The van der Waals surface area contributed by atoms with Crippen LogP contribution in [0.3, 0.4) is 0 Å². The molecule has 1 saturated heterocycles. The van der Waals surface area contributed by atoms with Gasteiger partial charge in [-0.15, -0.1) is 11.3 Å². The topological polar surface area (TPSA) is 28.2 Å². The SMILES string of the molecule is CCNCc1sc(N2CCCCCCC2)nc1C1CC1. The fourth-order valence-electron chi connectivity index (χ4n) is 2.97. The van der Waals surface area contributed by atoms with Crippen molar-refractivity contribution in [3.05, 3.63) is 10.6 Å². The highest BCUT2D eigenvalue weighted by Crippen LogP contribution is 2.44. The van der Waals surface area contributed by atoms with Crippen LogP contribution < -0.4 is 10.2 Å². The molecule has 2 fully saturated rings. The molecule has 0 unspecified atom stereocenters. The fraction of sp³-hybridized carbons (Fsp3) is 0.812. The summed E-state index contributed by atoms with van der Waals surface area (Å²) >= 11 is 1.94. The van der Waals surface area contributed by atoms with Gasteiger partial charge in [-0.2, -0.15) is 0 Å². The minimum Gasteiger partial charge on any atom is -0.348 e. The smallest absolute Gasteiger partial charge is 0.185 e. The van der Waals surface area contributed by atoms with Gasteiger partial charge in [0, 0.05) is 30.4 Å². The maximum atomic E-state index is 5.03. The molecule has 2 aliphatic rings. The molecule has 1 aliphatic heterocycles. The summed E-state index contributed by atoms with van der Waals surface area (Å²) in [5.41, 5.74) is 1.41. The van der Waals surface area contributed by atoms with Crippen LogP contribution in [0.4, 0.5) is 5.13 Å². The van der Waals surface area contributed by atoms with Crippen LogP contribution >= 0.6 is 11.3 Å². The third-order valence-corrected chi connectivity index (χ3v) is 5.47. The van der Waals surface area contributed by atoms with Gasteiger partial charge in [0.15, 0.2) is 5.13 Å². The monoisotopic (exact) mass is 293 g/mol. The van der Waals surface area contributed by atoms with Gasteiger partial charge in [-0.25, -0.2) is 4.98 Å². The normalized spacial score (nSPS) is 20.8. The first-order valence-corrected chi connectivity index (χ1v) is 9.15. The molecule has 2 heterocycles. The maximum Gasteiger partial charge on any atom is 0.185 e. The van der Waals surface area contributed by atoms with Gasteiger partial charge in [0.2, 0.25) is 0 Å². The Bertz CT molecular complexity index is 417. The predicted octanol–water partition coefficient (Wildman–Crippen LogP) is 3.90. The number of thiazole rings is 1. The molecular weight excluding hydrogens is 266 g/mol. The molecule has 1 saturated carbocycles. The van der Waals surface area contributed by atoms with E-state index in [0.29, 0.717) is 0 Å². The summed E-state index contributed by atoms with van der Waals surface area (Å²) in [7, 11) is 0. The number of rotatable bonds is 5. The molecule has 0 radical (unpaired) electrons. The molecule has 3 rings (SSSR count). The van der Waals surface area contributed by atoms with Crippen molar-refractivity contribution in [3.8, 4) is 0 Å². The van der Waals surface area contributed by atoms with Gasteiger partial charge in [-0.3, -0.25) is 0 Å². The van der Waals surface area contributed by atoms with Crippen LogP contribution in [0.15, 0.2) is 0 Å². The molecule has 0 amide bonds. The third-order valence-electron chi connectivity index (χ3n) is 4.34. The lowest BCUT2D eigenvalue weighted by molar-refractivity contribution is 0.555. The molecule has 1 aromatic rings. The number of hydrogen-bond donors (Lipinski definition) is 1. The number of nitrogens with one attached hydrogen (secondary N) is 1. The molecule has 0 aromatic carbocycles. The van der Waals surface area contributed by atoms with Crippen molar-refractivity contribution in [1.29, 1.82) is 0 Å². The van der Waals surface area contributed by atoms with E-state index in [1.807, 2.05) is 11.3 Å². The highest BCUT2D eigenvalue weighted by Gasteiger charge is 2.30. The average molecular weight is 293 g/mol. The first kappa shape index (κ1) is 14.3. The lowest BCUT2D eigenvalue weighted by Crippen LogP contribution is -2.26. The van der Waals surface area contributed by atoms with E-state index in [9.17, 15) is 0 Å². The molecular formula is C16H27N3S. The first-order valence-electron chi connectivity index (χ1n) is 8.33. The fourth-order valence-corrected chi connectivity index (χ4v) is 4.13. The number of nitrogens with zero attached hydrogens (tertiary/aromatic N) is 2. The van der Waals surface area contributed by atoms with E-state index in [2.05, 4.69) is 17.1 Å². The van der Waals surface area contributed by atoms with E-state index in [0.717, 1.165) is 19.0 Å². The highest BCUT2D eigenvalue weighted by molar-refractivity contribution is 7.15. The minimum absolute atomic E-state index is 0.767. The van der Waals surface area contributed by atoms with E-state index >= 15 is 0 Å². The van der Waals surface area contributed by atoms with Crippen LogP contribution in [0.25, 0.3) is 0 Å². The zero-order chi connectivity index (χ0) is 13.8. The summed E-state index contributed by atoms with van der Waals surface area (Å²) < 4.78 is 0. The maximum absolute atomic E-state index is 5.03. The van der Waals surface area contributed by atoms with Crippen LogP contribution in [-0.2, 0) is 6.54 Å². The van der Waals surface area contributed by atoms with Gasteiger partial charge in [0.1, 0.15) is 0 Å². The summed E-state index contributed by atoms with van der Waals surface area (Å²) in [5.74, 6) is 0.767. The summed E-state index contributed by atoms with van der Waals surface area (Å²) in [6.45, 7) is 6.64. The zero-order valence-electron chi connectivity index (χ0n) is 12.7. The predicted molar refractivity (Wildman–Crippen MR) is 86.8 cm³/mol. The molecule has 112 valence electrons. The second-order valence-electron chi connectivity index (χ2n) is 6.11. The van der Waals surface area contributed by atoms with Crippen LogP contribution in [0, 0.1) is 0 Å². The van der Waals surface area contributed by atoms with Crippen LogP contribution in [0.5, 0.6) is 0 Å². The van der Waals surface area contributed by atoms with E-state index in [1.165, 1.54) is 73.7 Å². The Hall–Kier alpha value is -0.610. The number of aromatic nitrogens is 1. The summed E-state index contributed by atoms with van der Waals surface area (Å²) in [5, 5.41) is 4.77. The quantitative estimate of drug-likeness (QED) is 0.892. The van der Waals surface area contributed by atoms with Crippen molar-refractivity contribution >= 4 is 16.5 Å². The summed E-state index contributed by atoms with van der Waals surface area (Å²) in [6, 6.07) is 0. The molecule has 0 spiro atoms. The zero-order valence-corrected chi connectivity index (χ0v) is 13.5. The minimum atomic E-state index is 0.767. The van der Waals surface area contributed by atoms with Gasteiger partial charge in [-0.1, -0.05) is 26.2 Å². The van der Waals surface area contributed by atoms with Crippen molar-refractivity contribution < 1.29 is 0 Å². The Labute approximate surface area is 126 Å². The Morgan fingerprint density at radius 2 is 1.85 bits per heavy atom.